The van der Waals surface area contributed by atoms with Gasteiger partial charge in [-0.3, -0.25) is 0 Å². The van der Waals surface area contributed by atoms with Gasteiger partial charge in [0.2, 0.25) is 0 Å². The number of fused-ring (bicyclic) bond motifs is 4. The van der Waals surface area contributed by atoms with Crippen LogP contribution in [0, 0.1) is 0 Å². The SMILES string of the molecule is c1ccc(-c2ccc(Nc3ccc(-c4cccc5ccccc45)cc3)c(-c3ccccc3)c2)cc1.c1ccc(-c2ccc3cc(Nc4ccccc4-c4ccccc4)ccc3c2)cc1.c1ccc(Nc2ccc(N(c3ccccc3)c3ccccc3)cc2)cc1.c1ccc2c(-c3ccc(Nc4ccc(-c5cccc6ccccc56)cc4)cc3)cccc2c1. The Bertz CT molecular complexity index is 6860. The van der Waals surface area contributed by atoms with E-state index in [1.165, 1.54) is 121 Å². The highest BCUT2D eigenvalue weighted by Gasteiger charge is 2.15. The number of nitrogens with one attached hydrogen (secondary N) is 4. The molecular weight excluding hydrogens is 1490 g/mol. The number of nitrogens with zero attached hydrogens (tertiary/aromatic N) is 1. The molecule has 0 heterocycles. The van der Waals surface area contributed by atoms with Gasteiger partial charge in [0, 0.05) is 73.7 Å². The van der Waals surface area contributed by atoms with E-state index in [1.54, 1.807) is 0 Å². The molecule has 123 heavy (non-hydrogen) atoms. The van der Waals surface area contributed by atoms with Crippen molar-refractivity contribution in [1.29, 1.82) is 0 Å². The van der Waals surface area contributed by atoms with E-state index in [4.69, 9.17) is 0 Å². The highest BCUT2D eigenvalue weighted by molar-refractivity contribution is 6.00. The second-order valence-corrected chi connectivity index (χ2v) is 30.3. The minimum absolute atomic E-state index is 1.07. The molecule has 0 saturated heterocycles. The Morgan fingerprint density at radius 3 is 0.870 bits per heavy atom. The summed E-state index contributed by atoms with van der Waals surface area (Å²) >= 11 is 0. The van der Waals surface area contributed by atoms with E-state index in [-0.39, 0.29) is 0 Å². The average molecular weight is 1580 g/mol. The normalized spacial score (nSPS) is 10.8. The molecule has 586 valence electrons. The van der Waals surface area contributed by atoms with E-state index in [9.17, 15) is 0 Å². The van der Waals surface area contributed by atoms with Gasteiger partial charge in [-0.05, 0) is 243 Å². The zero-order chi connectivity index (χ0) is 82.6. The summed E-state index contributed by atoms with van der Waals surface area (Å²) in [5.74, 6) is 0. The lowest BCUT2D eigenvalue weighted by Crippen LogP contribution is -2.09. The Morgan fingerprint density at radius 1 is 0.130 bits per heavy atom. The van der Waals surface area contributed by atoms with Gasteiger partial charge >= 0.3 is 0 Å². The molecule has 0 fully saturated rings. The van der Waals surface area contributed by atoms with Crippen molar-refractivity contribution < 1.29 is 0 Å². The van der Waals surface area contributed by atoms with Gasteiger partial charge in [0.25, 0.3) is 0 Å². The second kappa shape index (κ2) is 37.9. The lowest BCUT2D eigenvalue weighted by molar-refractivity contribution is 1.28. The highest BCUT2D eigenvalue weighted by Crippen LogP contribution is 2.41. The van der Waals surface area contributed by atoms with Crippen LogP contribution in [0.5, 0.6) is 0 Å². The van der Waals surface area contributed by atoms with E-state index >= 15 is 0 Å². The van der Waals surface area contributed by atoms with Gasteiger partial charge in [-0.2, -0.15) is 0 Å². The third-order valence-electron chi connectivity index (χ3n) is 22.2. The Kier molecular flexibility index (Phi) is 24.0. The van der Waals surface area contributed by atoms with E-state index in [0.717, 1.165) is 62.6 Å². The molecule has 0 unspecified atom stereocenters. The van der Waals surface area contributed by atoms with Crippen LogP contribution >= 0.6 is 0 Å². The molecule has 0 spiro atoms. The summed E-state index contributed by atoms with van der Waals surface area (Å²) in [5, 5.41) is 24.4. The fourth-order valence-electron chi connectivity index (χ4n) is 16.0. The predicted octanol–water partition coefficient (Wildman–Crippen LogP) is 33.5. The molecule has 5 nitrogen and oxygen atoms in total. The Labute approximate surface area is 720 Å². The molecule has 21 aromatic carbocycles. The summed E-state index contributed by atoms with van der Waals surface area (Å²) in [4.78, 5) is 2.26. The largest absolute Gasteiger partial charge is 0.356 e. The molecule has 21 rings (SSSR count). The van der Waals surface area contributed by atoms with Crippen LogP contribution in [-0.2, 0) is 0 Å². The van der Waals surface area contributed by atoms with Gasteiger partial charge in [0.05, 0.1) is 0 Å². The molecule has 5 heteroatoms. The number of para-hydroxylation sites is 4. The van der Waals surface area contributed by atoms with Gasteiger partial charge in [0.1, 0.15) is 0 Å². The van der Waals surface area contributed by atoms with Crippen LogP contribution in [0.2, 0.25) is 0 Å². The lowest BCUT2D eigenvalue weighted by atomic mass is 9.97. The monoisotopic (exact) mass is 1580 g/mol. The maximum absolute atomic E-state index is 3.67. The number of rotatable bonds is 18. The molecule has 0 atom stereocenters. The molecule has 0 aliphatic heterocycles. The second-order valence-electron chi connectivity index (χ2n) is 30.3. The fraction of sp³-hybridized carbons (Fsp3) is 0. The quantitative estimate of drug-likeness (QED) is 0.0690. The van der Waals surface area contributed by atoms with Gasteiger partial charge in [0.15, 0.2) is 0 Å². The first-order valence-corrected chi connectivity index (χ1v) is 41.8. The van der Waals surface area contributed by atoms with Crippen LogP contribution in [0.15, 0.2) is 516 Å². The highest BCUT2D eigenvalue weighted by atomic mass is 15.1. The third kappa shape index (κ3) is 19.0. The zero-order valence-electron chi connectivity index (χ0n) is 68.0. The van der Waals surface area contributed by atoms with Crippen molar-refractivity contribution in [3.05, 3.63) is 516 Å². The van der Waals surface area contributed by atoms with E-state index in [1.807, 2.05) is 36.4 Å². The number of benzene rings is 21. The van der Waals surface area contributed by atoms with Gasteiger partial charge in [-0.15, -0.1) is 0 Å². The maximum Gasteiger partial charge on any atom is 0.0464 e. The minimum Gasteiger partial charge on any atom is -0.356 e. The summed E-state index contributed by atoms with van der Waals surface area (Å²) < 4.78 is 0. The summed E-state index contributed by atoms with van der Waals surface area (Å²) in [7, 11) is 0. The van der Waals surface area contributed by atoms with Crippen molar-refractivity contribution in [2.24, 2.45) is 0 Å². The summed E-state index contributed by atoms with van der Waals surface area (Å²) in [6.45, 7) is 0. The van der Waals surface area contributed by atoms with E-state index in [2.05, 4.69) is 505 Å². The molecule has 21 aromatic rings. The Hall–Kier alpha value is -16.3. The topological polar surface area (TPSA) is 51.4 Å². The molecule has 0 bridgehead atoms. The Morgan fingerprint density at radius 2 is 0.407 bits per heavy atom. The molecule has 0 aliphatic rings. The van der Waals surface area contributed by atoms with Crippen LogP contribution in [0.3, 0.4) is 0 Å². The molecular formula is C118H89N5. The first kappa shape index (κ1) is 77.9. The smallest absolute Gasteiger partial charge is 0.0464 e. The number of hydrogen-bond donors (Lipinski definition) is 4. The molecule has 4 N–H and O–H groups in total. The predicted molar refractivity (Wildman–Crippen MR) is 527 cm³/mol. The molecule has 0 amide bonds. The molecule has 0 saturated carbocycles. The first-order chi connectivity index (χ1) is 61.0. The number of anilines is 11. The standard InChI is InChI=1S/C34H25N.C32H23N.C28H21N.C24H20N2/c1-3-10-25(11-4-1)29-20-23-34(33(24-29)27-12-5-2-6-13-27)35-30-21-18-28(19-22-30)32-17-9-15-26-14-7-8-16-31(26)32;1-3-11-29-23(7-1)9-5-13-31(29)25-15-19-27(20-16-25)33-28-21-17-26(18-22-28)32-14-6-10-24-8-2-4-12-30(24)32;1-3-9-21(10-4-1)23-15-16-25-20-26(18-17-24(25)19-23)29-28-14-8-7-13-27(28)22-11-5-2-6-12-22;1-4-10-20(11-5-1)25-21-16-18-24(19-17-21)26(22-12-6-2-7-13-22)23-14-8-3-9-15-23/h1-24,35H;1-22,33H;1-20,29H;1-19,25H. The zero-order valence-corrected chi connectivity index (χ0v) is 68.0. The van der Waals surface area contributed by atoms with Crippen molar-refractivity contribution in [2.75, 3.05) is 26.2 Å². The van der Waals surface area contributed by atoms with Crippen molar-refractivity contribution >= 4 is 106 Å². The van der Waals surface area contributed by atoms with Crippen LogP contribution in [-0.4, -0.2) is 0 Å². The van der Waals surface area contributed by atoms with Crippen molar-refractivity contribution in [1.82, 2.24) is 0 Å². The fourth-order valence-corrected chi connectivity index (χ4v) is 16.0. The maximum atomic E-state index is 3.67. The molecule has 0 aliphatic carbocycles. The van der Waals surface area contributed by atoms with Crippen molar-refractivity contribution in [3.8, 4) is 77.9 Å². The lowest BCUT2D eigenvalue weighted by Gasteiger charge is -2.25. The molecule has 0 radical (unpaired) electrons. The first-order valence-electron chi connectivity index (χ1n) is 41.8. The van der Waals surface area contributed by atoms with Gasteiger partial charge < -0.3 is 26.2 Å². The van der Waals surface area contributed by atoms with E-state index in [0.29, 0.717) is 0 Å². The van der Waals surface area contributed by atoms with Gasteiger partial charge in [-0.25, -0.2) is 0 Å². The van der Waals surface area contributed by atoms with Crippen LogP contribution in [0.25, 0.3) is 121 Å². The van der Waals surface area contributed by atoms with E-state index < -0.39 is 0 Å². The Balaban J connectivity index is 0.000000113. The van der Waals surface area contributed by atoms with Crippen LogP contribution in [0.1, 0.15) is 0 Å². The van der Waals surface area contributed by atoms with Crippen molar-refractivity contribution in [3.63, 3.8) is 0 Å². The average Bonchev–Trinajstić information content (AvgIpc) is 0.437. The minimum atomic E-state index is 1.07. The summed E-state index contributed by atoms with van der Waals surface area (Å²) in [6.07, 6.45) is 0. The van der Waals surface area contributed by atoms with Gasteiger partial charge in [-0.1, -0.05) is 382 Å². The molecule has 0 aromatic heterocycles. The van der Waals surface area contributed by atoms with Crippen LogP contribution < -0.4 is 26.2 Å². The summed E-state index contributed by atoms with van der Waals surface area (Å²) in [5.41, 5.74) is 29.2. The van der Waals surface area contributed by atoms with Crippen molar-refractivity contribution in [2.45, 2.75) is 0 Å². The van der Waals surface area contributed by atoms with Crippen LogP contribution in [0.4, 0.5) is 62.6 Å². The third-order valence-corrected chi connectivity index (χ3v) is 22.2. The number of hydrogen-bond acceptors (Lipinski definition) is 5. The summed E-state index contributed by atoms with van der Waals surface area (Å²) in [6, 6.07) is 181.